The fraction of sp³-hybridized carbons (Fsp3) is 0.455. The van der Waals surface area contributed by atoms with Crippen molar-refractivity contribution in [2.45, 2.75) is 25.3 Å². The standard InChI is InChI=1S/C22H27N7O4/c1-29(6-7-30)22(32)16(5-8-33-2)27-17-9-15(11-24-18(17)10-23)19-12-26-20(13-25-19)28-21(31)14-3-4-14/h9,11-14,16,27,30H,3-8H2,1-2H3,(H,26,28,31). The Balaban J connectivity index is 1.80. The Morgan fingerprint density at radius 2 is 2.09 bits per heavy atom. The highest BCUT2D eigenvalue weighted by atomic mass is 16.5. The lowest BCUT2D eigenvalue weighted by Gasteiger charge is -2.25. The van der Waals surface area contributed by atoms with Crippen LogP contribution in [0.4, 0.5) is 11.5 Å². The van der Waals surface area contributed by atoms with E-state index >= 15 is 0 Å². The van der Waals surface area contributed by atoms with E-state index in [1.807, 2.05) is 6.07 Å². The van der Waals surface area contributed by atoms with E-state index in [1.165, 1.54) is 30.6 Å². The third-order valence-corrected chi connectivity index (χ3v) is 5.19. The SMILES string of the molecule is COCCC(Nc1cc(-c2cnc(NC(=O)C3CC3)cn2)cnc1C#N)C(=O)N(C)CCO. The number of likely N-dealkylation sites (N-methyl/N-ethyl adjacent to an activating group) is 1. The van der Waals surface area contributed by atoms with Crippen LogP contribution in [0.3, 0.4) is 0 Å². The lowest BCUT2D eigenvalue weighted by molar-refractivity contribution is -0.131. The molecule has 1 aliphatic rings. The largest absolute Gasteiger partial charge is 0.395 e. The number of pyridine rings is 1. The Morgan fingerprint density at radius 1 is 1.30 bits per heavy atom. The molecule has 2 aromatic heterocycles. The number of nitrogens with zero attached hydrogens (tertiary/aromatic N) is 5. The number of nitriles is 1. The van der Waals surface area contributed by atoms with Crippen LogP contribution in [0.2, 0.25) is 0 Å². The molecule has 1 atom stereocenters. The van der Waals surface area contributed by atoms with Crippen molar-refractivity contribution in [2.75, 3.05) is 44.5 Å². The van der Waals surface area contributed by atoms with Gasteiger partial charge in [0.05, 0.1) is 30.4 Å². The fourth-order valence-electron chi connectivity index (χ4n) is 3.13. The van der Waals surface area contributed by atoms with Crippen LogP contribution in [-0.2, 0) is 14.3 Å². The van der Waals surface area contributed by atoms with Crippen molar-refractivity contribution < 1.29 is 19.4 Å². The Labute approximate surface area is 191 Å². The minimum absolute atomic E-state index is 0.0542. The van der Waals surface area contributed by atoms with Crippen molar-refractivity contribution in [1.29, 1.82) is 5.26 Å². The second kappa shape index (κ2) is 11.3. The van der Waals surface area contributed by atoms with Crippen LogP contribution < -0.4 is 10.6 Å². The fourth-order valence-corrected chi connectivity index (χ4v) is 3.13. The van der Waals surface area contributed by atoms with Crippen molar-refractivity contribution >= 4 is 23.3 Å². The molecule has 2 aromatic rings. The van der Waals surface area contributed by atoms with Crippen LogP contribution in [0, 0.1) is 17.2 Å². The lowest BCUT2D eigenvalue weighted by atomic mass is 10.1. The molecule has 2 heterocycles. The Bertz CT molecular complexity index is 1020. The summed E-state index contributed by atoms with van der Waals surface area (Å²) in [5, 5.41) is 24.5. The molecule has 1 saturated carbocycles. The van der Waals surface area contributed by atoms with E-state index in [9.17, 15) is 14.9 Å². The number of ether oxygens (including phenoxy) is 1. The zero-order chi connectivity index (χ0) is 23.8. The first-order valence-corrected chi connectivity index (χ1v) is 10.6. The monoisotopic (exact) mass is 453 g/mol. The number of rotatable bonds is 11. The second-order valence-electron chi connectivity index (χ2n) is 7.74. The summed E-state index contributed by atoms with van der Waals surface area (Å²) < 4.78 is 5.12. The number of methoxy groups -OCH3 is 1. The first-order chi connectivity index (χ1) is 16.0. The van der Waals surface area contributed by atoms with Crippen LogP contribution in [0.25, 0.3) is 11.3 Å². The van der Waals surface area contributed by atoms with Crippen LogP contribution in [0.1, 0.15) is 25.0 Å². The van der Waals surface area contributed by atoms with Gasteiger partial charge in [-0.1, -0.05) is 0 Å². The average molecular weight is 454 g/mol. The van der Waals surface area contributed by atoms with Crippen LogP contribution in [-0.4, -0.2) is 76.7 Å². The molecule has 2 amide bonds. The summed E-state index contributed by atoms with van der Waals surface area (Å²) in [6.45, 7) is 0.354. The van der Waals surface area contributed by atoms with Crippen LogP contribution >= 0.6 is 0 Å². The number of hydrogen-bond donors (Lipinski definition) is 3. The minimum Gasteiger partial charge on any atom is -0.395 e. The van der Waals surface area contributed by atoms with Gasteiger partial charge in [0.25, 0.3) is 0 Å². The molecule has 1 unspecified atom stereocenters. The van der Waals surface area contributed by atoms with E-state index in [4.69, 9.17) is 9.84 Å². The average Bonchev–Trinajstić information content (AvgIpc) is 3.67. The summed E-state index contributed by atoms with van der Waals surface area (Å²) in [5.41, 5.74) is 1.58. The molecule has 11 nitrogen and oxygen atoms in total. The van der Waals surface area contributed by atoms with E-state index in [1.54, 1.807) is 13.1 Å². The molecular weight excluding hydrogens is 426 g/mol. The number of carbonyl (C=O) groups is 2. The van der Waals surface area contributed by atoms with Crippen LogP contribution in [0.5, 0.6) is 0 Å². The van der Waals surface area contributed by atoms with Crippen molar-refractivity contribution in [1.82, 2.24) is 19.9 Å². The molecule has 33 heavy (non-hydrogen) atoms. The summed E-state index contributed by atoms with van der Waals surface area (Å²) in [6.07, 6.45) is 6.63. The highest BCUT2D eigenvalue weighted by molar-refractivity contribution is 5.93. The maximum absolute atomic E-state index is 12.8. The van der Waals surface area contributed by atoms with Crippen molar-refractivity contribution in [3.05, 3.63) is 30.4 Å². The molecule has 174 valence electrons. The quantitative estimate of drug-likeness (QED) is 0.452. The van der Waals surface area contributed by atoms with E-state index in [2.05, 4.69) is 25.6 Å². The third kappa shape index (κ3) is 6.44. The molecule has 1 aliphatic carbocycles. The number of aliphatic hydroxyl groups excluding tert-OH is 1. The number of nitrogens with one attached hydrogen (secondary N) is 2. The molecule has 0 saturated heterocycles. The third-order valence-electron chi connectivity index (χ3n) is 5.19. The predicted molar refractivity (Wildman–Crippen MR) is 120 cm³/mol. The molecule has 11 heteroatoms. The molecule has 1 fully saturated rings. The normalized spacial score (nSPS) is 13.6. The van der Waals surface area contributed by atoms with Crippen molar-refractivity contribution in [2.24, 2.45) is 5.92 Å². The molecule has 0 aliphatic heterocycles. The van der Waals surface area contributed by atoms with Gasteiger partial charge in [-0.3, -0.25) is 14.6 Å². The number of amides is 2. The molecule has 0 bridgehead atoms. The molecule has 0 radical (unpaired) electrons. The van der Waals surface area contributed by atoms with E-state index < -0.39 is 6.04 Å². The van der Waals surface area contributed by atoms with Gasteiger partial charge < -0.3 is 25.4 Å². The van der Waals surface area contributed by atoms with Gasteiger partial charge in [0.1, 0.15) is 12.1 Å². The Kier molecular flexibility index (Phi) is 8.23. The van der Waals surface area contributed by atoms with Gasteiger partial charge >= 0.3 is 0 Å². The molecule has 0 aromatic carbocycles. The molecule has 3 rings (SSSR count). The van der Waals surface area contributed by atoms with Gasteiger partial charge in [-0.15, -0.1) is 0 Å². The molecule has 0 spiro atoms. The smallest absolute Gasteiger partial charge is 0.244 e. The molecule has 3 N–H and O–H groups in total. The number of aromatic nitrogens is 3. The second-order valence-corrected chi connectivity index (χ2v) is 7.74. The Hall–Kier alpha value is -3.62. The zero-order valence-electron chi connectivity index (χ0n) is 18.6. The summed E-state index contributed by atoms with van der Waals surface area (Å²) in [4.78, 5) is 38.9. The maximum Gasteiger partial charge on any atom is 0.244 e. The van der Waals surface area contributed by atoms with Crippen molar-refractivity contribution in [3.8, 4) is 17.3 Å². The van der Waals surface area contributed by atoms with Gasteiger partial charge in [0.15, 0.2) is 11.5 Å². The number of carbonyl (C=O) groups excluding carboxylic acids is 2. The lowest BCUT2D eigenvalue weighted by Crippen LogP contribution is -2.42. The van der Waals surface area contributed by atoms with E-state index in [0.29, 0.717) is 35.8 Å². The highest BCUT2D eigenvalue weighted by Gasteiger charge is 2.29. The highest BCUT2D eigenvalue weighted by Crippen LogP contribution is 2.30. The van der Waals surface area contributed by atoms with Crippen LogP contribution in [0.15, 0.2) is 24.7 Å². The minimum atomic E-state index is -0.684. The number of anilines is 2. The predicted octanol–water partition coefficient (Wildman–Crippen LogP) is 1.03. The zero-order valence-corrected chi connectivity index (χ0v) is 18.6. The van der Waals surface area contributed by atoms with E-state index in [0.717, 1.165) is 12.8 Å². The number of hydrogen-bond acceptors (Lipinski definition) is 9. The van der Waals surface area contributed by atoms with Gasteiger partial charge in [0.2, 0.25) is 11.8 Å². The summed E-state index contributed by atoms with van der Waals surface area (Å²) >= 11 is 0. The van der Waals surface area contributed by atoms with Gasteiger partial charge in [-0.2, -0.15) is 5.26 Å². The topological polar surface area (TPSA) is 153 Å². The summed E-state index contributed by atoms with van der Waals surface area (Å²) in [7, 11) is 3.14. The maximum atomic E-state index is 12.8. The summed E-state index contributed by atoms with van der Waals surface area (Å²) in [5.74, 6) is 0.133. The first-order valence-electron chi connectivity index (χ1n) is 10.6. The Morgan fingerprint density at radius 3 is 2.70 bits per heavy atom. The summed E-state index contributed by atoms with van der Waals surface area (Å²) in [6, 6.07) is 3.02. The number of aliphatic hydroxyl groups is 1. The van der Waals surface area contributed by atoms with Crippen molar-refractivity contribution in [3.63, 3.8) is 0 Å². The van der Waals surface area contributed by atoms with Gasteiger partial charge in [-0.05, 0) is 25.3 Å². The van der Waals surface area contributed by atoms with Gasteiger partial charge in [0, 0.05) is 45.0 Å². The van der Waals surface area contributed by atoms with E-state index in [-0.39, 0.29) is 36.6 Å². The molecular formula is C22H27N7O4. The van der Waals surface area contributed by atoms with Gasteiger partial charge in [-0.25, -0.2) is 9.97 Å². The first kappa shape index (κ1) is 24.0.